The van der Waals surface area contributed by atoms with E-state index in [4.69, 9.17) is 10.1 Å². The van der Waals surface area contributed by atoms with Crippen LogP contribution in [-0.2, 0) is 4.84 Å². The summed E-state index contributed by atoms with van der Waals surface area (Å²) in [5, 5.41) is 12.4. The van der Waals surface area contributed by atoms with E-state index in [1.165, 1.54) is 0 Å². The largest absolute Gasteiger partial charge is 0.396 e. The lowest BCUT2D eigenvalue weighted by Crippen LogP contribution is -1.88. The highest BCUT2D eigenvalue weighted by atomic mass is 16.6. The van der Waals surface area contributed by atoms with Gasteiger partial charge in [0.1, 0.15) is 6.61 Å². The fourth-order valence-electron chi connectivity index (χ4n) is 1.00. The van der Waals surface area contributed by atoms with Crippen LogP contribution in [0.1, 0.15) is 30.9 Å². The summed E-state index contributed by atoms with van der Waals surface area (Å²) in [4.78, 5) is 5.04. The Kier molecular flexibility index (Phi) is 4.96. The van der Waals surface area contributed by atoms with Crippen molar-refractivity contribution in [2.24, 2.45) is 5.16 Å². The summed E-state index contributed by atoms with van der Waals surface area (Å²) in [7, 11) is 0. The van der Waals surface area contributed by atoms with Gasteiger partial charge in [0.05, 0.1) is 17.8 Å². The molecule has 0 radical (unpaired) electrons. The summed E-state index contributed by atoms with van der Waals surface area (Å²) >= 11 is 0. The summed E-state index contributed by atoms with van der Waals surface area (Å²) in [5.41, 5.74) is 1.59. The maximum atomic E-state index is 8.59. The van der Waals surface area contributed by atoms with E-state index in [9.17, 15) is 0 Å². The summed E-state index contributed by atoms with van der Waals surface area (Å²) in [6, 6.07) is 9.25. The summed E-state index contributed by atoms with van der Waals surface area (Å²) in [6.45, 7) is 2.76. The van der Waals surface area contributed by atoms with Gasteiger partial charge in [0.25, 0.3) is 0 Å². The standard InChI is InChI=1S/C12H14N2O/c1-2-3-8-15-14-10-12-6-4-11(9-13)5-7-12/h4-7,10H,2-3,8H2,1H3. The first-order valence-corrected chi connectivity index (χ1v) is 5.02. The van der Waals surface area contributed by atoms with Gasteiger partial charge >= 0.3 is 0 Å². The molecule has 0 aliphatic rings. The quantitative estimate of drug-likeness (QED) is 0.418. The molecule has 0 spiro atoms. The second-order valence-electron chi connectivity index (χ2n) is 3.16. The van der Waals surface area contributed by atoms with Gasteiger partial charge in [-0.25, -0.2) is 0 Å². The maximum absolute atomic E-state index is 8.59. The molecule has 78 valence electrons. The Bertz CT molecular complexity index is 349. The van der Waals surface area contributed by atoms with Crippen molar-refractivity contribution in [3.05, 3.63) is 35.4 Å². The molecule has 0 aliphatic heterocycles. The van der Waals surface area contributed by atoms with Crippen LogP contribution in [0.4, 0.5) is 0 Å². The molecule has 0 aliphatic carbocycles. The molecule has 0 heterocycles. The number of nitrogens with zero attached hydrogens (tertiary/aromatic N) is 2. The third-order valence-corrected chi connectivity index (χ3v) is 1.91. The van der Waals surface area contributed by atoms with Gasteiger partial charge in [-0.2, -0.15) is 5.26 Å². The van der Waals surface area contributed by atoms with Crippen LogP contribution in [0, 0.1) is 11.3 Å². The van der Waals surface area contributed by atoms with Gasteiger partial charge in [-0.05, 0) is 24.1 Å². The first-order valence-electron chi connectivity index (χ1n) is 5.02. The number of hydrogen-bond acceptors (Lipinski definition) is 3. The molecule has 0 atom stereocenters. The van der Waals surface area contributed by atoms with Crippen molar-refractivity contribution in [3.8, 4) is 6.07 Å². The van der Waals surface area contributed by atoms with Crippen LogP contribution in [0.25, 0.3) is 0 Å². The van der Waals surface area contributed by atoms with Crippen LogP contribution in [0.3, 0.4) is 0 Å². The summed E-state index contributed by atoms with van der Waals surface area (Å²) in [5.74, 6) is 0. The molecular weight excluding hydrogens is 188 g/mol. The molecule has 0 fully saturated rings. The second-order valence-corrected chi connectivity index (χ2v) is 3.16. The molecule has 1 rings (SSSR count). The van der Waals surface area contributed by atoms with Gasteiger partial charge in [0, 0.05) is 0 Å². The van der Waals surface area contributed by atoms with Crippen molar-refractivity contribution in [3.63, 3.8) is 0 Å². The molecule has 0 saturated carbocycles. The van der Waals surface area contributed by atoms with Crippen molar-refractivity contribution in [2.75, 3.05) is 6.61 Å². The van der Waals surface area contributed by atoms with Gasteiger partial charge in [-0.1, -0.05) is 30.6 Å². The minimum atomic E-state index is 0.652. The van der Waals surface area contributed by atoms with Crippen LogP contribution in [0.15, 0.2) is 29.4 Å². The third-order valence-electron chi connectivity index (χ3n) is 1.91. The Morgan fingerprint density at radius 1 is 1.40 bits per heavy atom. The average Bonchev–Trinajstić information content (AvgIpc) is 2.30. The zero-order valence-corrected chi connectivity index (χ0v) is 8.81. The summed E-state index contributed by atoms with van der Waals surface area (Å²) < 4.78 is 0. The predicted molar refractivity (Wildman–Crippen MR) is 59.6 cm³/mol. The Hall–Kier alpha value is -1.82. The van der Waals surface area contributed by atoms with Crippen LogP contribution >= 0.6 is 0 Å². The molecule has 0 saturated heterocycles. The molecule has 0 unspecified atom stereocenters. The number of unbranched alkanes of at least 4 members (excludes halogenated alkanes) is 1. The third kappa shape index (κ3) is 4.28. The zero-order chi connectivity index (χ0) is 10.9. The first-order chi connectivity index (χ1) is 7.36. The first kappa shape index (κ1) is 11.3. The lowest BCUT2D eigenvalue weighted by molar-refractivity contribution is 0.143. The predicted octanol–water partition coefficient (Wildman–Crippen LogP) is 2.71. The van der Waals surface area contributed by atoms with E-state index in [1.54, 1.807) is 18.3 Å². The fourth-order valence-corrected chi connectivity index (χ4v) is 1.00. The lowest BCUT2D eigenvalue weighted by Gasteiger charge is -1.96. The van der Waals surface area contributed by atoms with Gasteiger partial charge in [-0.15, -0.1) is 0 Å². The number of oxime groups is 1. The molecule has 0 N–H and O–H groups in total. The second kappa shape index (κ2) is 6.61. The van der Waals surface area contributed by atoms with Crippen molar-refractivity contribution < 1.29 is 4.84 Å². The van der Waals surface area contributed by atoms with Crippen LogP contribution in [-0.4, -0.2) is 12.8 Å². The smallest absolute Gasteiger partial charge is 0.117 e. The van der Waals surface area contributed by atoms with Crippen molar-refractivity contribution in [1.82, 2.24) is 0 Å². The van der Waals surface area contributed by atoms with E-state index < -0.39 is 0 Å². The number of rotatable bonds is 5. The van der Waals surface area contributed by atoms with Crippen molar-refractivity contribution in [1.29, 1.82) is 5.26 Å². The molecule has 0 amide bonds. The Morgan fingerprint density at radius 3 is 2.73 bits per heavy atom. The van der Waals surface area contributed by atoms with Crippen molar-refractivity contribution >= 4 is 6.21 Å². The van der Waals surface area contributed by atoms with E-state index in [2.05, 4.69) is 18.1 Å². The SMILES string of the molecule is CCCCON=Cc1ccc(C#N)cc1. The topological polar surface area (TPSA) is 45.4 Å². The molecule has 1 aromatic carbocycles. The summed E-state index contributed by atoms with van der Waals surface area (Å²) in [6.07, 6.45) is 3.77. The Labute approximate surface area is 90.0 Å². The molecule has 0 aromatic heterocycles. The van der Waals surface area contributed by atoms with Gasteiger partial charge < -0.3 is 4.84 Å². The molecule has 3 heteroatoms. The van der Waals surface area contributed by atoms with Crippen LogP contribution in [0.5, 0.6) is 0 Å². The monoisotopic (exact) mass is 202 g/mol. The van der Waals surface area contributed by atoms with Crippen molar-refractivity contribution in [2.45, 2.75) is 19.8 Å². The normalized spacial score (nSPS) is 10.1. The molecule has 3 nitrogen and oxygen atoms in total. The van der Waals surface area contributed by atoms with Crippen LogP contribution in [0.2, 0.25) is 0 Å². The Balaban J connectivity index is 2.40. The molecule has 0 bridgehead atoms. The van der Waals surface area contributed by atoms with E-state index >= 15 is 0 Å². The highest BCUT2D eigenvalue weighted by Crippen LogP contribution is 2.00. The zero-order valence-electron chi connectivity index (χ0n) is 8.81. The maximum Gasteiger partial charge on any atom is 0.117 e. The number of hydrogen-bond donors (Lipinski definition) is 0. The Morgan fingerprint density at radius 2 is 2.13 bits per heavy atom. The highest BCUT2D eigenvalue weighted by molar-refractivity contribution is 5.79. The highest BCUT2D eigenvalue weighted by Gasteiger charge is 1.90. The average molecular weight is 202 g/mol. The van der Waals surface area contributed by atoms with Gasteiger partial charge in [0.2, 0.25) is 0 Å². The molecule has 1 aromatic rings. The van der Waals surface area contributed by atoms with Crippen LogP contribution < -0.4 is 0 Å². The van der Waals surface area contributed by atoms with Gasteiger partial charge in [0.15, 0.2) is 0 Å². The van der Waals surface area contributed by atoms with E-state index in [-0.39, 0.29) is 0 Å². The fraction of sp³-hybridized carbons (Fsp3) is 0.333. The minimum absolute atomic E-state index is 0.652. The van der Waals surface area contributed by atoms with E-state index in [0.717, 1.165) is 18.4 Å². The van der Waals surface area contributed by atoms with Gasteiger partial charge in [-0.3, -0.25) is 0 Å². The number of benzene rings is 1. The van der Waals surface area contributed by atoms with E-state index in [0.29, 0.717) is 12.2 Å². The lowest BCUT2D eigenvalue weighted by atomic mass is 10.2. The molecule has 15 heavy (non-hydrogen) atoms. The number of nitriles is 1. The minimum Gasteiger partial charge on any atom is -0.396 e. The van der Waals surface area contributed by atoms with E-state index in [1.807, 2.05) is 12.1 Å². The molecular formula is C12H14N2O.